The highest BCUT2D eigenvalue weighted by molar-refractivity contribution is 7.47. The van der Waals surface area contributed by atoms with E-state index in [4.69, 9.17) is 18.5 Å². The quantitative estimate of drug-likeness (QED) is 0.0217. The Morgan fingerprint density at radius 1 is 0.585 bits per heavy atom. The highest BCUT2D eigenvalue weighted by Crippen LogP contribution is 2.43. The summed E-state index contributed by atoms with van der Waals surface area (Å²) in [5.74, 6) is -0.825. The van der Waals surface area contributed by atoms with Crippen molar-refractivity contribution in [3.8, 4) is 0 Å². The molecule has 0 saturated carbocycles. The lowest BCUT2D eigenvalue weighted by molar-refractivity contribution is -0.870. The van der Waals surface area contributed by atoms with Crippen LogP contribution in [0.25, 0.3) is 0 Å². The lowest BCUT2D eigenvalue weighted by atomic mass is 10.1. The average molecular weight is 771 g/mol. The van der Waals surface area contributed by atoms with E-state index in [0.29, 0.717) is 17.4 Å². The van der Waals surface area contributed by atoms with Gasteiger partial charge >= 0.3 is 19.8 Å². The Morgan fingerprint density at radius 3 is 1.55 bits per heavy atom. The molecule has 0 bridgehead atoms. The van der Waals surface area contributed by atoms with Gasteiger partial charge in [-0.25, -0.2) is 4.57 Å². The van der Waals surface area contributed by atoms with Gasteiger partial charge in [-0.3, -0.25) is 18.6 Å². The van der Waals surface area contributed by atoms with Crippen molar-refractivity contribution in [2.24, 2.45) is 0 Å². The molecule has 53 heavy (non-hydrogen) atoms. The van der Waals surface area contributed by atoms with Crippen molar-refractivity contribution in [2.45, 2.75) is 180 Å². The minimum absolute atomic E-state index is 0.0272. The van der Waals surface area contributed by atoms with Gasteiger partial charge in [-0.05, 0) is 70.6 Å². The van der Waals surface area contributed by atoms with Gasteiger partial charge in [-0.2, -0.15) is 0 Å². The first-order chi connectivity index (χ1) is 25.5. The predicted molar refractivity (Wildman–Crippen MR) is 220 cm³/mol. The first kappa shape index (κ1) is 51.2. The molecular formula is C43H81NO8P+. The predicted octanol–water partition coefficient (Wildman–Crippen LogP) is 11.7. The zero-order valence-electron chi connectivity index (χ0n) is 34.7. The number of carbonyl (C=O) groups excluding carboxylic acids is 2. The topological polar surface area (TPSA) is 108 Å². The molecule has 0 aromatic rings. The molecule has 10 heteroatoms. The van der Waals surface area contributed by atoms with Crippen LogP contribution in [0.3, 0.4) is 0 Å². The van der Waals surface area contributed by atoms with Gasteiger partial charge in [0.15, 0.2) is 6.10 Å². The van der Waals surface area contributed by atoms with Crippen molar-refractivity contribution in [2.75, 3.05) is 47.5 Å². The summed E-state index contributed by atoms with van der Waals surface area (Å²) in [6, 6.07) is 0. The second-order valence-corrected chi connectivity index (χ2v) is 16.8. The van der Waals surface area contributed by atoms with Gasteiger partial charge < -0.3 is 18.9 Å². The van der Waals surface area contributed by atoms with Gasteiger partial charge in [0.25, 0.3) is 0 Å². The van der Waals surface area contributed by atoms with E-state index in [1.807, 2.05) is 21.1 Å². The van der Waals surface area contributed by atoms with Crippen molar-refractivity contribution < 1.29 is 42.1 Å². The third-order valence-electron chi connectivity index (χ3n) is 8.89. The van der Waals surface area contributed by atoms with Gasteiger partial charge in [-0.1, -0.05) is 127 Å². The number of quaternary nitrogens is 1. The van der Waals surface area contributed by atoms with E-state index < -0.39 is 26.5 Å². The lowest BCUT2D eigenvalue weighted by Gasteiger charge is -2.24. The van der Waals surface area contributed by atoms with E-state index in [1.165, 1.54) is 64.2 Å². The van der Waals surface area contributed by atoms with Crippen LogP contribution in [-0.4, -0.2) is 74.9 Å². The number of phosphoric ester groups is 1. The number of hydrogen-bond acceptors (Lipinski definition) is 7. The molecule has 0 aliphatic carbocycles. The fourth-order valence-electron chi connectivity index (χ4n) is 5.51. The Labute approximate surface area is 325 Å². The zero-order chi connectivity index (χ0) is 39.3. The molecule has 0 amide bonds. The largest absolute Gasteiger partial charge is 0.472 e. The van der Waals surface area contributed by atoms with Crippen LogP contribution < -0.4 is 0 Å². The third kappa shape index (κ3) is 39.7. The SMILES string of the molecule is CCCCC/C=C/C/C=C/CCCCCCCC(=O)O[C@H](COC(=O)CCCCCCC/C=C/CCCCCCC)COP(=O)(O)OCC[N+](C)(C)C. The fraction of sp³-hybridized carbons (Fsp3) is 0.814. The minimum atomic E-state index is -4.38. The standard InChI is InChI=1S/C43H80NO8P/c1-6-8-10-12-14-16-18-20-22-24-26-28-30-32-34-36-43(46)52-41(40-51-53(47,48)50-38-37-44(3,4)5)39-49-42(45)35-33-31-29-27-25-23-21-19-17-15-13-11-9-7-2/h14,16,19-22,41H,6-13,15,17-18,23-40H2,1-5H3/p+1/b16-14+,21-19+,22-20+/t41-/m1/s1. The van der Waals surface area contributed by atoms with Crippen molar-refractivity contribution in [3.05, 3.63) is 36.5 Å². The van der Waals surface area contributed by atoms with E-state index >= 15 is 0 Å². The van der Waals surface area contributed by atoms with Crippen LogP contribution in [0.2, 0.25) is 0 Å². The minimum Gasteiger partial charge on any atom is -0.462 e. The van der Waals surface area contributed by atoms with Crippen LogP contribution in [0, 0.1) is 0 Å². The van der Waals surface area contributed by atoms with Crippen LogP contribution in [0.4, 0.5) is 0 Å². The second-order valence-electron chi connectivity index (χ2n) is 15.4. The van der Waals surface area contributed by atoms with E-state index in [1.54, 1.807) is 0 Å². The number of likely N-dealkylation sites (N-methyl/N-ethyl adjacent to an activating group) is 1. The average Bonchev–Trinajstić information content (AvgIpc) is 3.10. The first-order valence-electron chi connectivity index (χ1n) is 21.2. The molecule has 0 fully saturated rings. The van der Waals surface area contributed by atoms with Crippen molar-refractivity contribution in [3.63, 3.8) is 0 Å². The molecule has 0 saturated heterocycles. The Hall–Kier alpha value is -1.77. The van der Waals surface area contributed by atoms with Gasteiger partial charge in [0, 0.05) is 12.8 Å². The Balaban J connectivity index is 4.43. The van der Waals surface area contributed by atoms with E-state index in [2.05, 4.69) is 50.3 Å². The van der Waals surface area contributed by atoms with Gasteiger partial charge in [0.2, 0.25) is 0 Å². The van der Waals surface area contributed by atoms with Crippen molar-refractivity contribution in [1.29, 1.82) is 0 Å². The molecule has 9 nitrogen and oxygen atoms in total. The molecule has 0 spiro atoms. The summed E-state index contributed by atoms with van der Waals surface area (Å²) in [7, 11) is 1.46. The number of phosphoric acid groups is 1. The molecule has 1 unspecified atom stereocenters. The van der Waals surface area contributed by atoms with Gasteiger partial charge in [0.1, 0.15) is 19.8 Å². The first-order valence-corrected chi connectivity index (χ1v) is 22.7. The molecule has 0 aromatic heterocycles. The van der Waals surface area contributed by atoms with Crippen LogP contribution in [0.5, 0.6) is 0 Å². The number of allylic oxidation sites excluding steroid dienone is 6. The Kier molecular flexibility index (Phi) is 34.7. The second kappa shape index (κ2) is 35.9. The Morgan fingerprint density at radius 2 is 1.02 bits per heavy atom. The summed E-state index contributed by atoms with van der Waals surface area (Å²) in [6.45, 7) is 4.35. The maximum absolute atomic E-state index is 12.7. The van der Waals surface area contributed by atoms with E-state index in [0.717, 1.165) is 77.0 Å². The molecule has 310 valence electrons. The zero-order valence-corrected chi connectivity index (χ0v) is 35.6. The molecule has 0 heterocycles. The summed E-state index contributed by atoms with van der Waals surface area (Å²) < 4.78 is 34.2. The normalized spacial score (nSPS) is 14.0. The van der Waals surface area contributed by atoms with Crippen LogP contribution >= 0.6 is 7.82 Å². The monoisotopic (exact) mass is 771 g/mol. The summed E-state index contributed by atoms with van der Waals surface area (Å²) in [6.07, 6.45) is 39.0. The lowest BCUT2D eigenvalue weighted by Crippen LogP contribution is -2.37. The number of ether oxygens (including phenoxy) is 2. The molecule has 1 N–H and O–H groups in total. The number of carbonyl (C=O) groups is 2. The smallest absolute Gasteiger partial charge is 0.462 e. The van der Waals surface area contributed by atoms with Gasteiger partial charge in [-0.15, -0.1) is 0 Å². The van der Waals surface area contributed by atoms with Crippen LogP contribution in [0.15, 0.2) is 36.5 Å². The maximum atomic E-state index is 12.7. The highest BCUT2D eigenvalue weighted by Gasteiger charge is 2.27. The number of unbranched alkanes of at least 4 members (excludes halogenated alkanes) is 18. The molecule has 0 aliphatic rings. The van der Waals surface area contributed by atoms with Crippen molar-refractivity contribution in [1.82, 2.24) is 0 Å². The van der Waals surface area contributed by atoms with Gasteiger partial charge in [0.05, 0.1) is 27.7 Å². The summed E-state index contributed by atoms with van der Waals surface area (Å²) in [5.41, 5.74) is 0. The maximum Gasteiger partial charge on any atom is 0.472 e. The summed E-state index contributed by atoms with van der Waals surface area (Å²) in [5, 5.41) is 0. The molecule has 0 aliphatic heterocycles. The molecule has 0 rings (SSSR count). The molecule has 2 atom stereocenters. The fourth-order valence-corrected chi connectivity index (χ4v) is 6.25. The van der Waals surface area contributed by atoms with Crippen LogP contribution in [-0.2, 0) is 32.7 Å². The molecule has 0 radical (unpaired) electrons. The third-order valence-corrected chi connectivity index (χ3v) is 9.88. The molecular weight excluding hydrogens is 689 g/mol. The summed E-state index contributed by atoms with van der Waals surface area (Å²) >= 11 is 0. The molecule has 0 aromatic carbocycles. The van der Waals surface area contributed by atoms with Crippen molar-refractivity contribution >= 4 is 19.8 Å². The number of esters is 2. The van der Waals surface area contributed by atoms with E-state index in [9.17, 15) is 19.0 Å². The van der Waals surface area contributed by atoms with E-state index in [-0.39, 0.29) is 32.0 Å². The summed E-state index contributed by atoms with van der Waals surface area (Å²) in [4.78, 5) is 35.3. The highest BCUT2D eigenvalue weighted by atomic mass is 31.2. The van der Waals surface area contributed by atoms with Crippen LogP contribution in [0.1, 0.15) is 174 Å². The number of nitrogens with zero attached hydrogens (tertiary/aromatic N) is 1. The number of rotatable bonds is 38. The number of hydrogen-bond donors (Lipinski definition) is 1. The Bertz CT molecular complexity index is 1010.